The van der Waals surface area contributed by atoms with Crippen molar-refractivity contribution < 1.29 is 31.1 Å². The van der Waals surface area contributed by atoms with Gasteiger partial charge in [0.25, 0.3) is 5.91 Å². The molecule has 3 N–H and O–H groups in total. The van der Waals surface area contributed by atoms with Crippen LogP contribution in [0.2, 0.25) is 0 Å². The normalized spacial score (nSPS) is 19.9. The van der Waals surface area contributed by atoms with Crippen LogP contribution in [0.3, 0.4) is 0 Å². The summed E-state index contributed by atoms with van der Waals surface area (Å²) in [6.07, 6.45) is 4.52. The summed E-state index contributed by atoms with van der Waals surface area (Å²) < 4.78 is 73.6. The molecule has 4 rings (SSSR count). The van der Waals surface area contributed by atoms with Gasteiger partial charge in [-0.25, -0.2) is 26.6 Å². The van der Waals surface area contributed by atoms with Crippen LogP contribution in [0.5, 0.6) is 0 Å². The van der Waals surface area contributed by atoms with E-state index in [9.17, 15) is 26.4 Å². The maximum atomic E-state index is 14.7. The molecule has 0 unspecified atom stereocenters. The molecule has 1 amide bonds. The summed E-state index contributed by atoms with van der Waals surface area (Å²) in [7, 11) is -3.92. The van der Waals surface area contributed by atoms with Crippen LogP contribution in [0.15, 0.2) is 47.6 Å². The van der Waals surface area contributed by atoms with Crippen LogP contribution in [0.1, 0.15) is 48.8 Å². The van der Waals surface area contributed by atoms with Gasteiger partial charge in [-0.3, -0.25) is 9.78 Å². The molecule has 1 fully saturated rings. The van der Waals surface area contributed by atoms with Crippen molar-refractivity contribution in [1.29, 1.82) is 0 Å². The Hall–Kier alpha value is -3.35. The number of pyridine rings is 2. The molecule has 1 aliphatic rings. The van der Waals surface area contributed by atoms with Crippen molar-refractivity contribution in [2.45, 2.75) is 49.8 Å². The number of amides is 1. The molecule has 12 heteroatoms. The molecule has 8 nitrogen and oxygen atoms in total. The lowest BCUT2D eigenvalue weighted by Gasteiger charge is -2.36. The second-order valence-corrected chi connectivity index (χ2v) is 11.6. The standard InChI is InChI=1S/C26H27F3N4O4S/c1-13(2)22-8-14(30)9-23(37-22)16-6-7-31-12-21(16)33-26(34)20-5-4-17(27)25(32-20)24-18(28)10-15(11-19(24)29)38(3,35)36/h4-7,10-14,22-23H,8-9,30H2,1-3H3,(H,33,34)/t14-,22+,23-/m1/s1. The van der Waals surface area contributed by atoms with Gasteiger partial charge < -0.3 is 15.8 Å². The van der Waals surface area contributed by atoms with Gasteiger partial charge in [0.05, 0.1) is 34.6 Å². The van der Waals surface area contributed by atoms with E-state index in [0.717, 1.165) is 18.4 Å². The lowest BCUT2D eigenvalue weighted by atomic mass is 9.90. The van der Waals surface area contributed by atoms with Crippen LogP contribution in [0.4, 0.5) is 18.9 Å². The van der Waals surface area contributed by atoms with E-state index in [2.05, 4.69) is 15.3 Å². The monoisotopic (exact) mass is 548 g/mol. The Morgan fingerprint density at radius 3 is 2.42 bits per heavy atom. The van der Waals surface area contributed by atoms with Crippen molar-refractivity contribution >= 4 is 21.4 Å². The summed E-state index contributed by atoms with van der Waals surface area (Å²) >= 11 is 0. The molecule has 3 atom stereocenters. The van der Waals surface area contributed by atoms with Crippen molar-refractivity contribution in [2.24, 2.45) is 11.7 Å². The highest BCUT2D eigenvalue weighted by Gasteiger charge is 2.32. The quantitative estimate of drug-likeness (QED) is 0.467. The van der Waals surface area contributed by atoms with Crippen LogP contribution in [-0.2, 0) is 14.6 Å². The van der Waals surface area contributed by atoms with Gasteiger partial charge in [-0.2, -0.15) is 0 Å². The largest absolute Gasteiger partial charge is 0.370 e. The fourth-order valence-electron chi connectivity index (χ4n) is 4.33. The number of nitrogens with zero attached hydrogens (tertiary/aromatic N) is 2. The Morgan fingerprint density at radius 1 is 1.11 bits per heavy atom. The van der Waals surface area contributed by atoms with Gasteiger partial charge in [0.2, 0.25) is 0 Å². The van der Waals surface area contributed by atoms with E-state index < -0.39 is 55.5 Å². The summed E-state index contributed by atoms with van der Waals surface area (Å²) in [6.45, 7) is 4.07. The topological polar surface area (TPSA) is 124 Å². The molecule has 1 saturated heterocycles. The first-order chi connectivity index (χ1) is 17.8. The highest BCUT2D eigenvalue weighted by atomic mass is 32.2. The number of halogens is 3. The molecule has 1 aromatic carbocycles. The van der Waals surface area contributed by atoms with E-state index in [0.29, 0.717) is 36.2 Å². The third kappa shape index (κ3) is 5.87. The minimum absolute atomic E-state index is 0.0688. The smallest absolute Gasteiger partial charge is 0.274 e. The molecule has 3 heterocycles. The number of hydrogen-bond acceptors (Lipinski definition) is 7. The number of carbonyl (C=O) groups excluding carboxylic acids is 1. The van der Waals surface area contributed by atoms with E-state index in [1.54, 1.807) is 12.3 Å². The maximum absolute atomic E-state index is 14.7. The third-order valence-corrected chi connectivity index (χ3v) is 7.44. The number of hydrogen-bond donors (Lipinski definition) is 2. The second-order valence-electron chi connectivity index (χ2n) is 9.62. The third-order valence-electron chi connectivity index (χ3n) is 6.34. The molecule has 3 aromatic rings. The van der Waals surface area contributed by atoms with Gasteiger partial charge >= 0.3 is 0 Å². The van der Waals surface area contributed by atoms with Gasteiger partial charge in [0, 0.05) is 24.1 Å². The minimum atomic E-state index is -3.92. The molecule has 202 valence electrons. The average molecular weight is 549 g/mol. The number of nitrogens with two attached hydrogens (primary N) is 1. The molecule has 0 saturated carbocycles. The Labute approximate surface area is 218 Å². The number of carbonyl (C=O) groups is 1. The molecular weight excluding hydrogens is 521 g/mol. The van der Waals surface area contributed by atoms with Crippen LogP contribution in [0, 0.1) is 23.4 Å². The molecule has 0 radical (unpaired) electrons. The van der Waals surface area contributed by atoms with Crippen LogP contribution in [-0.4, -0.2) is 42.7 Å². The summed E-state index contributed by atoms with van der Waals surface area (Å²) in [5.74, 6) is -4.32. The number of benzene rings is 1. The van der Waals surface area contributed by atoms with E-state index in [4.69, 9.17) is 10.5 Å². The Balaban J connectivity index is 1.65. The highest BCUT2D eigenvalue weighted by Crippen LogP contribution is 2.36. The fraction of sp³-hybridized carbons (Fsp3) is 0.346. The number of sulfone groups is 1. The molecule has 2 aromatic heterocycles. The zero-order valence-electron chi connectivity index (χ0n) is 20.9. The lowest BCUT2D eigenvalue weighted by molar-refractivity contribution is -0.0787. The fourth-order valence-corrected chi connectivity index (χ4v) is 4.97. The number of nitrogens with one attached hydrogen (secondary N) is 1. The SMILES string of the molecule is CC(C)[C@@H]1C[C@@H](N)C[C@H](c2ccncc2NC(=O)c2ccc(F)c(-c3c(F)cc(S(C)(=O)=O)cc3F)n2)O1. The van der Waals surface area contributed by atoms with Gasteiger partial charge in [0.15, 0.2) is 9.84 Å². The van der Waals surface area contributed by atoms with Crippen molar-refractivity contribution in [1.82, 2.24) is 9.97 Å². The first kappa shape index (κ1) is 27.7. The predicted molar refractivity (Wildman–Crippen MR) is 135 cm³/mol. The van der Waals surface area contributed by atoms with E-state index >= 15 is 0 Å². The molecule has 0 spiro atoms. The molecular formula is C26H27F3N4O4S. The van der Waals surface area contributed by atoms with E-state index in [1.807, 2.05) is 13.8 Å². The first-order valence-corrected chi connectivity index (χ1v) is 13.8. The van der Waals surface area contributed by atoms with Gasteiger partial charge in [-0.15, -0.1) is 0 Å². The zero-order valence-corrected chi connectivity index (χ0v) is 21.7. The summed E-state index contributed by atoms with van der Waals surface area (Å²) in [5, 5.41) is 2.67. The van der Waals surface area contributed by atoms with E-state index in [-0.39, 0.29) is 23.8 Å². The maximum Gasteiger partial charge on any atom is 0.274 e. The molecule has 0 aliphatic carbocycles. The lowest BCUT2D eigenvalue weighted by Crippen LogP contribution is -2.39. The van der Waals surface area contributed by atoms with Crippen LogP contribution < -0.4 is 11.1 Å². The van der Waals surface area contributed by atoms with Crippen LogP contribution in [0.25, 0.3) is 11.3 Å². The Morgan fingerprint density at radius 2 is 1.79 bits per heavy atom. The number of ether oxygens (including phenoxy) is 1. The molecule has 38 heavy (non-hydrogen) atoms. The van der Waals surface area contributed by atoms with Gasteiger partial charge in [0.1, 0.15) is 28.8 Å². The van der Waals surface area contributed by atoms with E-state index in [1.165, 1.54) is 6.20 Å². The number of aromatic nitrogens is 2. The molecule has 1 aliphatic heterocycles. The summed E-state index contributed by atoms with van der Waals surface area (Å²) in [6, 6.07) is 4.66. The van der Waals surface area contributed by atoms with Gasteiger partial charge in [-0.1, -0.05) is 13.8 Å². The summed E-state index contributed by atoms with van der Waals surface area (Å²) in [4.78, 5) is 20.4. The predicted octanol–water partition coefficient (Wildman–Crippen LogP) is 4.42. The molecule has 0 bridgehead atoms. The van der Waals surface area contributed by atoms with Crippen molar-refractivity contribution in [3.63, 3.8) is 0 Å². The Bertz CT molecular complexity index is 1460. The minimum Gasteiger partial charge on any atom is -0.370 e. The summed E-state index contributed by atoms with van der Waals surface area (Å²) in [5.41, 5.74) is 5.22. The van der Waals surface area contributed by atoms with Crippen molar-refractivity contribution in [2.75, 3.05) is 11.6 Å². The second kappa shape index (κ2) is 10.8. The Kier molecular flexibility index (Phi) is 7.86. The number of rotatable bonds is 6. The van der Waals surface area contributed by atoms with Crippen molar-refractivity contribution in [3.8, 4) is 11.3 Å². The zero-order chi connectivity index (χ0) is 27.8. The first-order valence-electron chi connectivity index (χ1n) is 11.9. The number of anilines is 1. The van der Waals surface area contributed by atoms with Crippen LogP contribution >= 0.6 is 0 Å². The van der Waals surface area contributed by atoms with Crippen molar-refractivity contribution in [3.05, 3.63) is 71.4 Å². The van der Waals surface area contributed by atoms with Gasteiger partial charge in [-0.05, 0) is 49.1 Å². The average Bonchev–Trinajstić information content (AvgIpc) is 2.84. The highest BCUT2D eigenvalue weighted by molar-refractivity contribution is 7.90.